The standard InChI is InChI=1S/C15H25N3S/c1-16-9-14-5-6-15(19-14)11-18-8-7-12-3-4-13(10-18)17(12)2/h5-6,12-13,16H,3-4,7-11H2,1-2H3. The fourth-order valence-corrected chi connectivity index (χ4v) is 4.59. The average Bonchev–Trinajstić information content (AvgIpc) is 2.90. The summed E-state index contributed by atoms with van der Waals surface area (Å²) in [5, 5.41) is 3.23. The molecule has 4 heteroatoms. The Balaban J connectivity index is 1.60. The molecule has 1 N–H and O–H groups in total. The van der Waals surface area contributed by atoms with Gasteiger partial charge in [-0.05, 0) is 45.5 Å². The van der Waals surface area contributed by atoms with Gasteiger partial charge in [-0.2, -0.15) is 0 Å². The van der Waals surface area contributed by atoms with Crippen LogP contribution in [0, 0.1) is 0 Å². The van der Waals surface area contributed by atoms with Gasteiger partial charge in [0.05, 0.1) is 0 Å². The Morgan fingerprint density at radius 1 is 1.21 bits per heavy atom. The van der Waals surface area contributed by atoms with Crippen LogP contribution in [-0.2, 0) is 13.1 Å². The molecule has 2 saturated heterocycles. The Morgan fingerprint density at radius 2 is 2.00 bits per heavy atom. The van der Waals surface area contributed by atoms with Gasteiger partial charge in [-0.3, -0.25) is 9.80 Å². The van der Waals surface area contributed by atoms with E-state index < -0.39 is 0 Å². The normalized spacial score (nSPS) is 28.7. The van der Waals surface area contributed by atoms with Crippen molar-refractivity contribution in [2.24, 2.45) is 0 Å². The number of hydrogen-bond acceptors (Lipinski definition) is 4. The maximum absolute atomic E-state index is 3.23. The van der Waals surface area contributed by atoms with E-state index in [9.17, 15) is 0 Å². The number of hydrogen-bond donors (Lipinski definition) is 1. The number of rotatable bonds is 4. The van der Waals surface area contributed by atoms with Gasteiger partial charge in [0.25, 0.3) is 0 Å². The predicted molar refractivity (Wildman–Crippen MR) is 81.5 cm³/mol. The van der Waals surface area contributed by atoms with Gasteiger partial charge in [0, 0.05) is 48.0 Å². The van der Waals surface area contributed by atoms with Crippen LogP contribution in [-0.4, -0.2) is 49.1 Å². The molecule has 2 atom stereocenters. The zero-order chi connectivity index (χ0) is 13.2. The molecule has 2 unspecified atom stereocenters. The molecule has 2 aliphatic heterocycles. The Labute approximate surface area is 120 Å². The largest absolute Gasteiger partial charge is 0.315 e. The van der Waals surface area contributed by atoms with Gasteiger partial charge in [0.1, 0.15) is 0 Å². The first-order valence-corrected chi connectivity index (χ1v) is 8.24. The number of thiophene rings is 1. The molecule has 1 aromatic rings. The fraction of sp³-hybridized carbons (Fsp3) is 0.733. The van der Waals surface area contributed by atoms with Gasteiger partial charge in [0.2, 0.25) is 0 Å². The predicted octanol–water partition coefficient (Wildman–Crippen LogP) is 2.14. The van der Waals surface area contributed by atoms with E-state index in [0.717, 1.165) is 25.2 Å². The van der Waals surface area contributed by atoms with Gasteiger partial charge in [-0.15, -0.1) is 11.3 Å². The van der Waals surface area contributed by atoms with E-state index in [2.05, 4.69) is 34.3 Å². The molecule has 0 saturated carbocycles. The van der Waals surface area contributed by atoms with Crippen molar-refractivity contribution >= 4 is 11.3 Å². The molecule has 0 amide bonds. The highest BCUT2D eigenvalue weighted by molar-refractivity contribution is 7.11. The maximum Gasteiger partial charge on any atom is 0.0328 e. The molecule has 3 heterocycles. The maximum atomic E-state index is 3.23. The molecule has 19 heavy (non-hydrogen) atoms. The summed E-state index contributed by atoms with van der Waals surface area (Å²) in [4.78, 5) is 8.26. The first kappa shape index (κ1) is 13.6. The van der Waals surface area contributed by atoms with E-state index in [1.165, 1.54) is 42.1 Å². The minimum Gasteiger partial charge on any atom is -0.315 e. The highest BCUT2D eigenvalue weighted by atomic mass is 32.1. The molecule has 0 aliphatic carbocycles. The van der Waals surface area contributed by atoms with Crippen LogP contribution in [0.1, 0.15) is 29.0 Å². The molecular formula is C15H25N3S. The second kappa shape index (κ2) is 5.92. The topological polar surface area (TPSA) is 18.5 Å². The molecule has 2 aliphatic rings. The van der Waals surface area contributed by atoms with Crippen LogP contribution in [0.2, 0.25) is 0 Å². The number of nitrogens with one attached hydrogen (secondary N) is 1. The van der Waals surface area contributed by atoms with Gasteiger partial charge < -0.3 is 5.32 Å². The summed E-state index contributed by atoms with van der Waals surface area (Å²) in [6.07, 6.45) is 4.16. The molecular weight excluding hydrogens is 254 g/mol. The van der Waals surface area contributed by atoms with E-state index in [4.69, 9.17) is 0 Å². The smallest absolute Gasteiger partial charge is 0.0328 e. The lowest BCUT2D eigenvalue weighted by molar-refractivity contribution is 0.215. The van der Waals surface area contributed by atoms with Crippen molar-refractivity contribution in [2.75, 3.05) is 27.2 Å². The highest BCUT2D eigenvalue weighted by Crippen LogP contribution is 2.29. The van der Waals surface area contributed by atoms with Crippen LogP contribution in [0.3, 0.4) is 0 Å². The Bertz CT molecular complexity index is 417. The molecule has 2 bridgehead atoms. The molecule has 3 nitrogen and oxygen atoms in total. The summed E-state index contributed by atoms with van der Waals surface area (Å²) in [6, 6.07) is 6.22. The van der Waals surface area contributed by atoms with E-state index in [1.54, 1.807) is 0 Å². The fourth-order valence-electron chi connectivity index (χ4n) is 3.52. The van der Waals surface area contributed by atoms with Crippen molar-refractivity contribution in [1.82, 2.24) is 15.1 Å². The quantitative estimate of drug-likeness (QED) is 0.911. The van der Waals surface area contributed by atoms with Gasteiger partial charge in [-0.1, -0.05) is 0 Å². The van der Waals surface area contributed by atoms with E-state index in [1.807, 2.05) is 18.4 Å². The summed E-state index contributed by atoms with van der Waals surface area (Å²) >= 11 is 1.96. The van der Waals surface area contributed by atoms with Gasteiger partial charge in [-0.25, -0.2) is 0 Å². The lowest BCUT2D eigenvalue weighted by Crippen LogP contribution is -2.36. The van der Waals surface area contributed by atoms with Gasteiger partial charge in [0.15, 0.2) is 0 Å². The van der Waals surface area contributed by atoms with Crippen molar-refractivity contribution in [1.29, 1.82) is 0 Å². The average molecular weight is 279 g/mol. The summed E-state index contributed by atoms with van der Waals surface area (Å²) in [5.41, 5.74) is 0. The van der Waals surface area contributed by atoms with Crippen LogP contribution < -0.4 is 5.32 Å². The van der Waals surface area contributed by atoms with Crippen LogP contribution >= 0.6 is 11.3 Å². The molecule has 2 fully saturated rings. The Kier molecular flexibility index (Phi) is 4.22. The first-order chi connectivity index (χ1) is 9.26. The lowest BCUT2D eigenvalue weighted by Gasteiger charge is -2.25. The Morgan fingerprint density at radius 3 is 2.84 bits per heavy atom. The third kappa shape index (κ3) is 3.02. The van der Waals surface area contributed by atoms with Crippen molar-refractivity contribution < 1.29 is 0 Å². The molecule has 0 radical (unpaired) electrons. The van der Waals surface area contributed by atoms with E-state index in [-0.39, 0.29) is 0 Å². The second-order valence-corrected chi connectivity index (χ2v) is 7.23. The highest BCUT2D eigenvalue weighted by Gasteiger charge is 2.34. The SMILES string of the molecule is CNCc1ccc(CN2CCC3CCC(C2)N3C)s1. The van der Waals surface area contributed by atoms with Crippen molar-refractivity contribution in [3.05, 3.63) is 21.9 Å². The number of fused-ring (bicyclic) bond motifs is 2. The number of nitrogens with zero attached hydrogens (tertiary/aromatic N) is 2. The van der Waals surface area contributed by atoms with Crippen LogP contribution in [0.5, 0.6) is 0 Å². The molecule has 1 aromatic heterocycles. The van der Waals surface area contributed by atoms with Gasteiger partial charge >= 0.3 is 0 Å². The number of likely N-dealkylation sites (N-methyl/N-ethyl adjacent to an activating group) is 1. The molecule has 0 aromatic carbocycles. The minimum atomic E-state index is 0.796. The Hall–Kier alpha value is -0.420. The van der Waals surface area contributed by atoms with Crippen LogP contribution in [0.15, 0.2) is 12.1 Å². The third-order valence-corrected chi connectivity index (χ3v) is 5.75. The monoisotopic (exact) mass is 279 g/mol. The zero-order valence-corrected chi connectivity index (χ0v) is 12.9. The summed E-state index contributed by atoms with van der Waals surface area (Å²) < 4.78 is 0. The molecule has 0 spiro atoms. The summed E-state index contributed by atoms with van der Waals surface area (Å²) in [6.45, 7) is 4.67. The van der Waals surface area contributed by atoms with Crippen molar-refractivity contribution in [3.8, 4) is 0 Å². The van der Waals surface area contributed by atoms with E-state index >= 15 is 0 Å². The summed E-state index contributed by atoms with van der Waals surface area (Å²) in [5.74, 6) is 0. The zero-order valence-electron chi connectivity index (χ0n) is 12.1. The van der Waals surface area contributed by atoms with Crippen LogP contribution in [0.4, 0.5) is 0 Å². The third-order valence-electron chi connectivity index (χ3n) is 4.68. The first-order valence-electron chi connectivity index (χ1n) is 7.42. The van der Waals surface area contributed by atoms with E-state index in [0.29, 0.717) is 0 Å². The minimum absolute atomic E-state index is 0.796. The van der Waals surface area contributed by atoms with Crippen LogP contribution in [0.25, 0.3) is 0 Å². The molecule has 106 valence electrons. The summed E-state index contributed by atoms with van der Waals surface area (Å²) in [7, 11) is 4.34. The van der Waals surface area contributed by atoms with Crippen molar-refractivity contribution in [2.45, 2.75) is 44.4 Å². The molecule has 3 rings (SSSR count). The van der Waals surface area contributed by atoms with Crippen molar-refractivity contribution in [3.63, 3.8) is 0 Å². The second-order valence-electron chi connectivity index (χ2n) is 5.97. The lowest BCUT2D eigenvalue weighted by atomic mass is 10.1. The number of likely N-dealkylation sites (tertiary alicyclic amines) is 1.